The first-order valence-electron chi connectivity index (χ1n) is 6.30. The summed E-state index contributed by atoms with van der Waals surface area (Å²) in [5.41, 5.74) is 2.05. The summed E-state index contributed by atoms with van der Waals surface area (Å²) in [6.45, 7) is 1.98. The first kappa shape index (κ1) is 14.1. The number of nitrogens with zero attached hydrogens (tertiary/aromatic N) is 2. The average molecular weight is 312 g/mol. The van der Waals surface area contributed by atoms with Crippen molar-refractivity contribution in [3.8, 4) is 0 Å². The van der Waals surface area contributed by atoms with Gasteiger partial charge in [0.25, 0.3) is 5.91 Å². The standard InChI is InChI=1S/C14H11F3N2OS/c1-8-12(21-7-18-8)13(20)19-6-5-9-10(14(15,16)17)3-2-4-11(9)19/h2-4,7H,5-6H2,1H3. The highest BCUT2D eigenvalue weighted by molar-refractivity contribution is 7.12. The second kappa shape index (κ2) is 4.84. The average Bonchev–Trinajstić information content (AvgIpc) is 3.02. The van der Waals surface area contributed by atoms with E-state index in [2.05, 4.69) is 4.98 Å². The minimum atomic E-state index is -4.40. The molecule has 0 N–H and O–H groups in total. The molecule has 1 aromatic heterocycles. The molecular weight excluding hydrogens is 301 g/mol. The highest BCUT2D eigenvalue weighted by Gasteiger charge is 2.38. The van der Waals surface area contributed by atoms with E-state index in [0.717, 1.165) is 6.07 Å². The maximum absolute atomic E-state index is 13.0. The van der Waals surface area contributed by atoms with Crippen molar-refractivity contribution in [2.75, 3.05) is 11.4 Å². The van der Waals surface area contributed by atoms with E-state index in [1.54, 1.807) is 18.5 Å². The van der Waals surface area contributed by atoms with E-state index in [9.17, 15) is 18.0 Å². The molecule has 0 saturated heterocycles. The molecule has 3 rings (SSSR count). The monoisotopic (exact) mass is 312 g/mol. The lowest BCUT2D eigenvalue weighted by Gasteiger charge is -2.18. The first-order chi connectivity index (χ1) is 9.89. The number of anilines is 1. The van der Waals surface area contributed by atoms with Crippen LogP contribution in [0.4, 0.5) is 18.9 Å². The fourth-order valence-corrected chi connectivity index (χ4v) is 3.29. The summed E-state index contributed by atoms with van der Waals surface area (Å²) in [6, 6.07) is 3.96. The number of benzene rings is 1. The molecule has 21 heavy (non-hydrogen) atoms. The molecule has 1 aliphatic rings. The molecule has 3 nitrogen and oxygen atoms in total. The lowest BCUT2D eigenvalue weighted by atomic mass is 10.0. The van der Waals surface area contributed by atoms with E-state index in [0.29, 0.717) is 16.3 Å². The Bertz CT molecular complexity index is 708. The van der Waals surface area contributed by atoms with E-state index >= 15 is 0 Å². The van der Waals surface area contributed by atoms with Gasteiger partial charge in [0, 0.05) is 12.2 Å². The summed E-state index contributed by atoms with van der Waals surface area (Å²) < 4.78 is 39.0. The Hall–Kier alpha value is -1.89. The Morgan fingerprint density at radius 3 is 2.76 bits per heavy atom. The van der Waals surface area contributed by atoms with Gasteiger partial charge >= 0.3 is 6.18 Å². The van der Waals surface area contributed by atoms with Crippen molar-refractivity contribution >= 4 is 22.9 Å². The largest absolute Gasteiger partial charge is 0.416 e. The maximum Gasteiger partial charge on any atom is 0.416 e. The number of carbonyl (C=O) groups is 1. The van der Waals surface area contributed by atoms with Crippen LogP contribution in [-0.4, -0.2) is 17.4 Å². The van der Waals surface area contributed by atoms with Crippen LogP contribution in [0.25, 0.3) is 0 Å². The van der Waals surface area contributed by atoms with Crippen molar-refractivity contribution in [2.45, 2.75) is 19.5 Å². The molecule has 7 heteroatoms. The molecule has 0 bridgehead atoms. The molecule has 110 valence electrons. The number of rotatable bonds is 1. The number of halogens is 3. The second-order valence-electron chi connectivity index (χ2n) is 4.77. The van der Waals surface area contributed by atoms with Crippen LogP contribution in [0.5, 0.6) is 0 Å². The Kier molecular flexibility index (Phi) is 3.24. The third kappa shape index (κ3) is 2.31. The van der Waals surface area contributed by atoms with E-state index in [-0.39, 0.29) is 24.4 Å². The fraction of sp³-hybridized carbons (Fsp3) is 0.286. The van der Waals surface area contributed by atoms with Gasteiger partial charge in [-0.15, -0.1) is 11.3 Å². The molecule has 0 saturated carbocycles. The molecule has 0 unspecified atom stereocenters. The third-order valence-electron chi connectivity index (χ3n) is 3.52. The molecule has 0 fully saturated rings. The number of hydrogen-bond acceptors (Lipinski definition) is 3. The van der Waals surface area contributed by atoms with Gasteiger partial charge in [-0.3, -0.25) is 4.79 Å². The van der Waals surface area contributed by atoms with Gasteiger partial charge in [-0.25, -0.2) is 4.98 Å². The van der Waals surface area contributed by atoms with E-state index in [1.807, 2.05) is 0 Å². The van der Waals surface area contributed by atoms with Gasteiger partial charge in [-0.05, 0) is 31.0 Å². The van der Waals surface area contributed by atoms with E-state index < -0.39 is 11.7 Å². The Balaban J connectivity index is 2.02. The quantitative estimate of drug-likeness (QED) is 0.805. The lowest BCUT2D eigenvalue weighted by molar-refractivity contribution is -0.138. The number of fused-ring (bicyclic) bond motifs is 1. The summed E-state index contributed by atoms with van der Waals surface area (Å²) >= 11 is 1.20. The summed E-state index contributed by atoms with van der Waals surface area (Å²) in [6.07, 6.45) is -4.18. The molecule has 2 aromatic rings. The van der Waals surface area contributed by atoms with Crippen LogP contribution in [0.3, 0.4) is 0 Å². The smallest absolute Gasteiger partial charge is 0.307 e. The van der Waals surface area contributed by atoms with E-state index in [4.69, 9.17) is 0 Å². The van der Waals surface area contributed by atoms with Crippen molar-refractivity contribution in [2.24, 2.45) is 0 Å². The molecular formula is C14H11F3N2OS. The van der Waals surface area contributed by atoms with Crippen molar-refractivity contribution in [1.29, 1.82) is 0 Å². The Labute approximate surface area is 123 Å². The molecule has 0 radical (unpaired) electrons. The van der Waals surface area contributed by atoms with Crippen LogP contribution in [0.2, 0.25) is 0 Å². The number of aryl methyl sites for hydroxylation is 1. The number of thiazole rings is 1. The summed E-state index contributed by atoms with van der Waals surface area (Å²) in [7, 11) is 0. The van der Waals surface area contributed by atoms with Crippen LogP contribution >= 0.6 is 11.3 Å². The van der Waals surface area contributed by atoms with Crippen LogP contribution in [0.15, 0.2) is 23.7 Å². The number of aromatic nitrogens is 1. The number of amides is 1. The highest BCUT2D eigenvalue weighted by atomic mass is 32.1. The zero-order valence-electron chi connectivity index (χ0n) is 11.1. The normalized spacial score (nSPS) is 14.4. The topological polar surface area (TPSA) is 33.2 Å². The van der Waals surface area contributed by atoms with Crippen molar-refractivity contribution < 1.29 is 18.0 Å². The van der Waals surface area contributed by atoms with Crippen molar-refractivity contribution in [3.05, 3.63) is 45.4 Å². The summed E-state index contributed by atoms with van der Waals surface area (Å²) in [5, 5.41) is 0. The molecule has 2 heterocycles. The number of carbonyl (C=O) groups excluding carboxylic acids is 1. The third-order valence-corrected chi connectivity index (χ3v) is 4.43. The van der Waals surface area contributed by atoms with Gasteiger partial charge in [-0.1, -0.05) is 6.07 Å². The molecule has 1 aromatic carbocycles. The fourth-order valence-electron chi connectivity index (χ4n) is 2.54. The summed E-state index contributed by atoms with van der Waals surface area (Å²) in [5.74, 6) is -0.284. The molecule has 0 atom stereocenters. The second-order valence-corrected chi connectivity index (χ2v) is 5.63. The molecule has 0 aliphatic carbocycles. The van der Waals surface area contributed by atoms with Crippen LogP contribution in [-0.2, 0) is 12.6 Å². The molecule has 0 spiro atoms. The maximum atomic E-state index is 13.0. The Morgan fingerprint density at radius 2 is 2.14 bits per heavy atom. The van der Waals surface area contributed by atoms with Gasteiger partial charge in [0.15, 0.2) is 0 Å². The van der Waals surface area contributed by atoms with Crippen molar-refractivity contribution in [3.63, 3.8) is 0 Å². The van der Waals surface area contributed by atoms with Gasteiger partial charge in [0.1, 0.15) is 4.88 Å². The van der Waals surface area contributed by atoms with E-state index in [1.165, 1.54) is 22.3 Å². The van der Waals surface area contributed by atoms with Gasteiger partial charge < -0.3 is 4.90 Å². The van der Waals surface area contributed by atoms with Crippen LogP contribution in [0, 0.1) is 6.92 Å². The van der Waals surface area contributed by atoms with Crippen LogP contribution in [0.1, 0.15) is 26.5 Å². The van der Waals surface area contributed by atoms with Gasteiger partial charge in [0.2, 0.25) is 0 Å². The van der Waals surface area contributed by atoms with Crippen molar-refractivity contribution in [1.82, 2.24) is 4.98 Å². The molecule has 1 amide bonds. The number of hydrogen-bond donors (Lipinski definition) is 0. The van der Waals surface area contributed by atoms with Gasteiger partial charge in [0.05, 0.1) is 16.8 Å². The summed E-state index contributed by atoms with van der Waals surface area (Å²) in [4.78, 5) is 18.4. The lowest BCUT2D eigenvalue weighted by Crippen LogP contribution is -2.28. The highest BCUT2D eigenvalue weighted by Crippen LogP contribution is 2.40. The zero-order chi connectivity index (χ0) is 15.2. The predicted molar refractivity (Wildman–Crippen MR) is 73.7 cm³/mol. The number of alkyl halides is 3. The Morgan fingerprint density at radius 1 is 1.38 bits per heavy atom. The predicted octanol–water partition coefficient (Wildman–Crippen LogP) is 3.67. The minimum absolute atomic E-state index is 0.195. The zero-order valence-corrected chi connectivity index (χ0v) is 11.9. The van der Waals surface area contributed by atoms with Gasteiger partial charge in [-0.2, -0.15) is 13.2 Å². The molecule has 1 aliphatic heterocycles. The first-order valence-corrected chi connectivity index (χ1v) is 7.18. The SMILES string of the molecule is Cc1ncsc1C(=O)N1CCc2c1cccc2C(F)(F)F. The minimum Gasteiger partial charge on any atom is -0.307 e. The van der Waals surface area contributed by atoms with Crippen LogP contribution < -0.4 is 4.90 Å².